The minimum absolute atomic E-state index is 0.0350. The summed E-state index contributed by atoms with van der Waals surface area (Å²) < 4.78 is 3.12. The molecule has 0 spiro atoms. The normalized spacial score (nSPS) is 10.6. The number of carbonyl (C=O) groups excluding carboxylic acids is 2. The van der Waals surface area contributed by atoms with Gasteiger partial charge in [0.05, 0.1) is 5.69 Å². The molecule has 2 aromatic rings. The molecule has 0 aliphatic rings. The number of aryl methyl sites for hydroxylation is 3. The molecular formula is C12H16N6O2. The van der Waals surface area contributed by atoms with Crippen LogP contribution in [0.4, 0.5) is 5.69 Å². The molecule has 0 saturated heterocycles. The van der Waals surface area contributed by atoms with E-state index in [-0.39, 0.29) is 17.1 Å². The number of nitrogens with one attached hydrogen (secondary N) is 1. The molecule has 3 N–H and O–H groups in total. The summed E-state index contributed by atoms with van der Waals surface area (Å²) in [6.45, 7) is 4.28. The Morgan fingerprint density at radius 2 is 2.10 bits per heavy atom. The van der Waals surface area contributed by atoms with E-state index in [2.05, 4.69) is 15.5 Å². The van der Waals surface area contributed by atoms with E-state index >= 15 is 0 Å². The molecular weight excluding hydrogens is 260 g/mol. The number of nitrogens with two attached hydrogens (primary N) is 1. The van der Waals surface area contributed by atoms with Crippen molar-refractivity contribution < 1.29 is 9.59 Å². The lowest BCUT2D eigenvalue weighted by molar-refractivity contribution is 0.0995. The number of rotatable bonds is 4. The van der Waals surface area contributed by atoms with Crippen LogP contribution >= 0.6 is 0 Å². The summed E-state index contributed by atoms with van der Waals surface area (Å²) in [6, 6.07) is 1.66. The van der Waals surface area contributed by atoms with Crippen LogP contribution in [0.3, 0.4) is 0 Å². The first kappa shape index (κ1) is 13.8. The van der Waals surface area contributed by atoms with Gasteiger partial charge >= 0.3 is 0 Å². The lowest BCUT2D eigenvalue weighted by Gasteiger charge is -2.00. The number of nitrogens with zero attached hydrogens (tertiary/aromatic N) is 4. The zero-order valence-electron chi connectivity index (χ0n) is 11.5. The Bertz CT molecular complexity index is 650. The van der Waals surface area contributed by atoms with Gasteiger partial charge in [0, 0.05) is 25.5 Å². The average molecular weight is 276 g/mol. The molecule has 0 aromatic carbocycles. The maximum absolute atomic E-state index is 12.1. The van der Waals surface area contributed by atoms with Gasteiger partial charge in [-0.05, 0) is 19.9 Å². The first-order valence-electron chi connectivity index (χ1n) is 6.11. The van der Waals surface area contributed by atoms with Crippen LogP contribution in [0.5, 0.6) is 0 Å². The topological polar surface area (TPSA) is 108 Å². The van der Waals surface area contributed by atoms with E-state index in [0.29, 0.717) is 6.54 Å². The van der Waals surface area contributed by atoms with Crippen molar-refractivity contribution in [2.75, 3.05) is 5.32 Å². The molecule has 20 heavy (non-hydrogen) atoms. The van der Waals surface area contributed by atoms with Crippen molar-refractivity contribution in [3.05, 3.63) is 29.3 Å². The van der Waals surface area contributed by atoms with E-state index in [0.717, 1.165) is 5.69 Å². The molecule has 0 aliphatic heterocycles. The Kier molecular flexibility index (Phi) is 3.55. The zero-order chi connectivity index (χ0) is 14.9. The van der Waals surface area contributed by atoms with Gasteiger partial charge in [0.2, 0.25) is 0 Å². The number of hydrogen-bond donors (Lipinski definition) is 2. The fourth-order valence-electron chi connectivity index (χ4n) is 1.71. The van der Waals surface area contributed by atoms with E-state index in [1.807, 2.05) is 13.8 Å². The highest BCUT2D eigenvalue weighted by Gasteiger charge is 2.18. The largest absolute Gasteiger partial charge is 0.364 e. The summed E-state index contributed by atoms with van der Waals surface area (Å²) in [5, 5.41) is 10.7. The maximum atomic E-state index is 12.1. The second kappa shape index (κ2) is 5.16. The lowest BCUT2D eigenvalue weighted by atomic mass is 10.3. The smallest absolute Gasteiger partial charge is 0.276 e. The van der Waals surface area contributed by atoms with Gasteiger partial charge in [-0.15, -0.1) is 0 Å². The Labute approximate surface area is 115 Å². The summed E-state index contributed by atoms with van der Waals surface area (Å²) in [5.74, 6) is -1.10. The monoisotopic (exact) mass is 276 g/mol. The Morgan fingerprint density at radius 1 is 1.40 bits per heavy atom. The van der Waals surface area contributed by atoms with E-state index in [1.54, 1.807) is 24.0 Å². The fraction of sp³-hybridized carbons (Fsp3) is 0.333. The molecule has 8 heteroatoms. The molecule has 2 amide bonds. The number of primary amides is 1. The molecule has 0 fully saturated rings. The number of anilines is 1. The SMILES string of the molecule is CCn1cc(NC(=O)c2cc(C)n(C)n2)c(C(N)=O)n1. The van der Waals surface area contributed by atoms with Gasteiger partial charge in [-0.25, -0.2) is 0 Å². The van der Waals surface area contributed by atoms with E-state index < -0.39 is 11.8 Å². The third-order valence-corrected chi connectivity index (χ3v) is 2.91. The van der Waals surface area contributed by atoms with Crippen molar-refractivity contribution in [3.8, 4) is 0 Å². The van der Waals surface area contributed by atoms with Crippen LogP contribution in [-0.2, 0) is 13.6 Å². The van der Waals surface area contributed by atoms with Crippen molar-refractivity contribution >= 4 is 17.5 Å². The Balaban J connectivity index is 2.27. The molecule has 0 aliphatic carbocycles. The lowest BCUT2D eigenvalue weighted by Crippen LogP contribution is -2.18. The molecule has 2 heterocycles. The van der Waals surface area contributed by atoms with Crippen LogP contribution in [0, 0.1) is 6.92 Å². The van der Waals surface area contributed by atoms with Crippen LogP contribution in [-0.4, -0.2) is 31.4 Å². The quantitative estimate of drug-likeness (QED) is 0.837. The summed E-state index contributed by atoms with van der Waals surface area (Å²) >= 11 is 0. The highest BCUT2D eigenvalue weighted by molar-refractivity contribution is 6.07. The van der Waals surface area contributed by atoms with Crippen molar-refractivity contribution in [1.29, 1.82) is 0 Å². The summed E-state index contributed by atoms with van der Waals surface area (Å²) in [4.78, 5) is 23.4. The van der Waals surface area contributed by atoms with Gasteiger partial charge in [-0.3, -0.25) is 19.0 Å². The zero-order valence-corrected chi connectivity index (χ0v) is 11.5. The second-order valence-electron chi connectivity index (χ2n) is 4.36. The van der Waals surface area contributed by atoms with Crippen LogP contribution in [0.2, 0.25) is 0 Å². The summed E-state index contributed by atoms with van der Waals surface area (Å²) in [7, 11) is 1.75. The predicted molar refractivity (Wildman–Crippen MR) is 72.3 cm³/mol. The second-order valence-corrected chi connectivity index (χ2v) is 4.36. The molecule has 8 nitrogen and oxygen atoms in total. The molecule has 0 radical (unpaired) electrons. The van der Waals surface area contributed by atoms with E-state index in [9.17, 15) is 9.59 Å². The third-order valence-electron chi connectivity index (χ3n) is 2.91. The van der Waals surface area contributed by atoms with Crippen molar-refractivity contribution in [2.24, 2.45) is 12.8 Å². The summed E-state index contributed by atoms with van der Waals surface area (Å²) in [5.41, 5.74) is 6.68. The Hall–Kier alpha value is -2.64. The van der Waals surface area contributed by atoms with Crippen molar-refractivity contribution in [2.45, 2.75) is 20.4 Å². The fourth-order valence-corrected chi connectivity index (χ4v) is 1.71. The number of amides is 2. The van der Waals surface area contributed by atoms with Gasteiger partial charge in [-0.2, -0.15) is 10.2 Å². The predicted octanol–water partition coefficient (Wildman–Crippen LogP) is 0.296. The minimum atomic E-state index is -0.690. The van der Waals surface area contributed by atoms with E-state index in [1.165, 1.54) is 4.68 Å². The van der Waals surface area contributed by atoms with Gasteiger partial charge in [-0.1, -0.05) is 0 Å². The minimum Gasteiger partial charge on any atom is -0.364 e. The average Bonchev–Trinajstić information content (AvgIpc) is 2.94. The molecule has 0 saturated carbocycles. The molecule has 106 valence electrons. The van der Waals surface area contributed by atoms with Gasteiger partial charge in [0.1, 0.15) is 0 Å². The maximum Gasteiger partial charge on any atom is 0.276 e. The van der Waals surface area contributed by atoms with Crippen LogP contribution in [0.25, 0.3) is 0 Å². The van der Waals surface area contributed by atoms with Crippen molar-refractivity contribution in [1.82, 2.24) is 19.6 Å². The number of carbonyl (C=O) groups is 2. The first-order valence-corrected chi connectivity index (χ1v) is 6.11. The Morgan fingerprint density at radius 3 is 2.60 bits per heavy atom. The summed E-state index contributed by atoms with van der Waals surface area (Å²) in [6.07, 6.45) is 1.56. The standard InChI is InChI=1S/C12H16N6O2/c1-4-18-6-9(10(16-18)11(13)19)14-12(20)8-5-7(2)17(3)15-8/h5-6H,4H2,1-3H3,(H2,13,19)(H,14,20). The van der Waals surface area contributed by atoms with Gasteiger partial charge in [0.25, 0.3) is 11.8 Å². The first-order chi connectivity index (χ1) is 9.42. The molecule has 0 unspecified atom stereocenters. The van der Waals surface area contributed by atoms with Crippen LogP contribution in [0.15, 0.2) is 12.3 Å². The third kappa shape index (κ3) is 2.53. The molecule has 0 atom stereocenters. The van der Waals surface area contributed by atoms with Gasteiger partial charge in [0.15, 0.2) is 11.4 Å². The van der Waals surface area contributed by atoms with Gasteiger partial charge < -0.3 is 11.1 Å². The highest BCUT2D eigenvalue weighted by Crippen LogP contribution is 2.14. The van der Waals surface area contributed by atoms with Crippen LogP contribution < -0.4 is 11.1 Å². The molecule has 2 rings (SSSR count). The van der Waals surface area contributed by atoms with Crippen molar-refractivity contribution in [3.63, 3.8) is 0 Å². The highest BCUT2D eigenvalue weighted by atomic mass is 16.2. The van der Waals surface area contributed by atoms with Crippen LogP contribution in [0.1, 0.15) is 33.6 Å². The molecule has 0 bridgehead atoms. The number of aromatic nitrogens is 4. The van der Waals surface area contributed by atoms with E-state index in [4.69, 9.17) is 5.73 Å². The molecule has 2 aromatic heterocycles. The number of hydrogen-bond acceptors (Lipinski definition) is 4.